The van der Waals surface area contributed by atoms with Gasteiger partial charge in [-0.2, -0.15) is 0 Å². The van der Waals surface area contributed by atoms with Gasteiger partial charge in [0, 0.05) is 37.1 Å². The number of anilines is 1. The van der Waals surface area contributed by atoms with Crippen LogP contribution >= 0.6 is 15.9 Å². The van der Waals surface area contributed by atoms with Gasteiger partial charge in [0.1, 0.15) is 0 Å². The van der Waals surface area contributed by atoms with Crippen LogP contribution < -0.4 is 16.0 Å². The second-order valence-electron chi connectivity index (χ2n) is 5.87. The number of rotatable bonds is 4. The number of amides is 1. The Morgan fingerprint density at radius 2 is 2.14 bits per heavy atom. The third kappa shape index (κ3) is 4.45. The fourth-order valence-electron chi connectivity index (χ4n) is 2.73. The van der Waals surface area contributed by atoms with Crippen molar-refractivity contribution in [1.82, 2.24) is 5.32 Å². The Balaban J connectivity index is 1.94. The minimum Gasteiger partial charge on any atom is -0.371 e. The summed E-state index contributed by atoms with van der Waals surface area (Å²) in [4.78, 5) is 13.4. The molecule has 0 aliphatic carbocycles. The van der Waals surface area contributed by atoms with Gasteiger partial charge in [-0.1, -0.05) is 6.07 Å². The first kappa shape index (κ1) is 16.3. The van der Waals surface area contributed by atoms with Crippen LogP contribution in [0.25, 0.3) is 0 Å². The molecule has 0 spiro atoms. The van der Waals surface area contributed by atoms with Crippen molar-refractivity contribution in [3.63, 3.8) is 0 Å². The summed E-state index contributed by atoms with van der Waals surface area (Å²) in [7, 11) is 0. The number of carbonyl (C=O) groups is 1. The highest BCUT2D eigenvalue weighted by atomic mass is 79.9. The Hall–Kier alpha value is -1.07. The SMILES string of the molecule is CC(=O)NCC1CCN(c2ccc([C@@H](C)N)cc2Br)CC1. The largest absolute Gasteiger partial charge is 0.371 e. The van der Waals surface area contributed by atoms with Gasteiger partial charge in [-0.15, -0.1) is 0 Å². The molecule has 0 saturated carbocycles. The molecule has 1 aromatic carbocycles. The molecule has 21 heavy (non-hydrogen) atoms. The van der Waals surface area contributed by atoms with Crippen LogP contribution in [0, 0.1) is 5.92 Å². The van der Waals surface area contributed by atoms with Gasteiger partial charge in [0.05, 0.1) is 5.69 Å². The Morgan fingerprint density at radius 3 is 2.67 bits per heavy atom. The van der Waals surface area contributed by atoms with E-state index in [-0.39, 0.29) is 11.9 Å². The van der Waals surface area contributed by atoms with E-state index in [1.807, 2.05) is 6.92 Å². The molecule has 1 atom stereocenters. The van der Waals surface area contributed by atoms with E-state index in [4.69, 9.17) is 5.73 Å². The molecule has 1 fully saturated rings. The second kappa shape index (κ2) is 7.27. The zero-order chi connectivity index (χ0) is 15.4. The maximum atomic E-state index is 11.0. The number of carbonyl (C=O) groups excluding carboxylic acids is 1. The Kier molecular flexibility index (Phi) is 5.65. The molecule has 1 amide bonds. The average molecular weight is 354 g/mol. The molecule has 0 bridgehead atoms. The molecule has 1 saturated heterocycles. The third-order valence-corrected chi connectivity index (χ3v) is 4.73. The van der Waals surface area contributed by atoms with Gasteiger partial charge < -0.3 is 16.0 Å². The molecule has 1 aromatic rings. The van der Waals surface area contributed by atoms with E-state index in [9.17, 15) is 4.79 Å². The number of benzene rings is 1. The van der Waals surface area contributed by atoms with E-state index in [1.165, 1.54) is 5.69 Å². The van der Waals surface area contributed by atoms with E-state index >= 15 is 0 Å². The Bertz CT molecular complexity index is 496. The molecule has 0 radical (unpaired) electrons. The van der Waals surface area contributed by atoms with Crippen molar-refractivity contribution in [1.29, 1.82) is 0 Å². The zero-order valence-corrected chi connectivity index (χ0v) is 14.3. The molecule has 116 valence electrons. The topological polar surface area (TPSA) is 58.4 Å². The average Bonchev–Trinajstić information content (AvgIpc) is 2.45. The second-order valence-corrected chi connectivity index (χ2v) is 6.72. The van der Waals surface area contributed by atoms with Crippen molar-refractivity contribution in [2.75, 3.05) is 24.5 Å². The van der Waals surface area contributed by atoms with E-state index in [2.05, 4.69) is 44.3 Å². The summed E-state index contributed by atoms with van der Waals surface area (Å²) in [5.41, 5.74) is 8.30. The molecule has 1 aliphatic heterocycles. The molecule has 0 unspecified atom stereocenters. The maximum Gasteiger partial charge on any atom is 0.216 e. The van der Waals surface area contributed by atoms with Crippen molar-refractivity contribution in [3.8, 4) is 0 Å². The van der Waals surface area contributed by atoms with Crippen molar-refractivity contribution in [2.24, 2.45) is 11.7 Å². The van der Waals surface area contributed by atoms with Gasteiger partial charge in [-0.05, 0) is 59.3 Å². The van der Waals surface area contributed by atoms with Crippen LogP contribution in [0.1, 0.15) is 38.3 Å². The first-order chi connectivity index (χ1) is 9.97. The molecular weight excluding hydrogens is 330 g/mol. The maximum absolute atomic E-state index is 11.0. The van der Waals surface area contributed by atoms with Crippen molar-refractivity contribution in [2.45, 2.75) is 32.7 Å². The number of piperidine rings is 1. The minimum atomic E-state index is 0.0544. The number of nitrogens with two attached hydrogens (primary N) is 1. The first-order valence-corrected chi connectivity index (χ1v) is 8.31. The minimum absolute atomic E-state index is 0.0544. The van der Waals surface area contributed by atoms with E-state index < -0.39 is 0 Å². The standard InChI is InChI=1S/C16H24BrN3O/c1-11(18)14-3-4-16(15(17)9-14)20-7-5-13(6-8-20)10-19-12(2)21/h3-4,9,11,13H,5-8,10,18H2,1-2H3,(H,19,21)/t11-/m1/s1. The van der Waals surface area contributed by atoms with Gasteiger partial charge in [0.25, 0.3) is 0 Å². The molecule has 1 heterocycles. The van der Waals surface area contributed by atoms with E-state index in [0.29, 0.717) is 5.92 Å². The lowest BCUT2D eigenvalue weighted by Gasteiger charge is -2.34. The Morgan fingerprint density at radius 1 is 1.48 bits per heavy atom. The van der Waals surface area contributed by atoms with Crippen LogP contribution in [0.3, 0.4) is 0 Å². The summed E-state index contributed by atoms with van der Waals surface area (Å²) in [6, 6.07) is 6.42. The smallest absolute Gasteiger partial charge is 0.216 e. The van der Waals surface area contributed by atoms with Crippen molar-refractivity contribution < 1.29 is 4.79 Å². The fourth-order valence-corrected chi connectivity index (χ4v) is 3.38. The number of halogens is 1. The monoisotopic (exact) mass is 353 g/mol. The number of nitrogens with zero attached hydrogens (tertiary/aromatic N) is 1. The first-order valence-electron chi connectivity index (χ1n) is 7.51. The summed E-state index contributed by atoms with van der Waals surface area (Å²) >= 11 is 3.66. The summed E-state index contributed by atoms with van der Waals surface area (Å²) in [6.45, 7) is 6.43. The van der Waals surface area contributed by atoms with Crippen LogP contribution in [-0.2, 0) is 4.79 Å². The van der Waals surface area contributed by atoms with Gasteiger partial charge in [0.15, 0.2) is 0 Å². The lowest BCUT2D eigenvalue weighted by atomic mass is 9.96. The van der Waals surface area contributed by atoms with Gasteiger partial charge in [-0.3, -0.25) is 4.79 Å². The number of nitrogens with one attached hydrogen (secondary N) is 1. The molecule has 5 heteroatoms. The quantitative estimate of drug-likeness (QED) is 0.874. The van der Waals surface area contributed by atoms with Crippen LogP contribution in [0.4, 0.5) is 5.69 Å². The van der Waals surface area contributed by atoms with Crippen LogP contribution in [0.15, 0.2) is 22.7 Å². The summed E-state index contributed by atoms with van der Waals surface area (Å²) in [5.74, 6) is 0.652. The number of hydrogen-bond donors (Lipinski definition) is 2. The van der Waals surface area contributed by atoms with E-state index in [1.54, 1.807) is 6.92 Å². The molecule has 2 rings (SSSR count). The van der Waals surface area contributed by atoms with Gasteiger partial charge >= 0.3 is 0 Å². The molecule has 0 aromatic heterocycles. The molecule has 4 nitrogen and oxygen atoms in total. The lowest BCUT2D eigenvalue weighted by Crippen LogP contribution is -2.38. The van der Waals surface area contributed by atoms with Crippen molar-refractivity contribution >= 4 is 27.5 Å². The summed E-state index contributed by atoms with van der Waals surface area (Å²) < 4.78 is 1.11. The predicted molar refractivity (Wildman–Crippen MR) is 90.4 cm³/mol. The summed E-state index contributed by atoms with van der Waals surface area (Å²) in [5, 5.41) is 2.92. The predicted octanol–water partition coefficient (Wildman–Crippen LogP) is 2.82. The summed E-state index contributed by atoms with van der Waals surface area (Å²) in [6.07, 6.45) is 2.23. The molecule has 1 aliphatic rings. The molecule has 3 N–H and O–H groups in total. The highest BCUT2D eigenvalue weighted by Crippen LogP contribution is 2.31. The van der Waals surface area contributed by atoms with Gasteiger partial charge in [0.2, 0.25) is 5.91 Å². The number of hydrogen-bond acceptors (Lipinski definition) is 3. The van der Waals surface area contributed by atoms with Crippen LogP contribution in [-0.4, -0.2) is 25.5 Å². The Labute approximate surface area is 135 Å². The fraction of sp³-hybridized carbons (Fsp3) is 0.562. The normalized spacial score (nSPS) is 17.6. The lowest BCUT2D eigenvalue weighted by molar-refractivity contribution is -0.119. The van der Waals surface area contributed by atoms with Gasteiger partial charge in [-0.25, -0.2) is 0 Å². The highest BCUT2D eigenvalue weighted by molar-refractivity contribution is 9.10. The zero-order valence-electron chi connectivity index (χ0n) is 12.7. The highest BCUT2D eigenvalue weighted by Gasteiger charge is 2.21. The van der Waals surface area contributed by atoms with Crippen molar-refractivity contribution in [3.05, 3.63) is 28.2 Å². The van der Waals surface area contributed by atoms with Crippen LogP contribution in [0.2, 0.25) is 0 Å². The van der Waals surface area contributed by atoms with E-state index in [0.717, 1.165) is 42.5 Å². The van der Waals surface area contributed by atoms with Crippen LogP contribution in [0.5, 0.6) is 0 Å². The third-order valence-electron chi connectivity index (χ3n) is 4.09. The molecular formula is C16H24BrN3O.